The number of nitrogens with one attached hydrogen (secondary N) is 1. The van der Waals surface area contributed by atoms with E-state index in [2.05, 4.69) is 35.1 Å². The van der Waals surface area contributed by atoms with Crippen molar-refractivity contribution in [3.63, 3.8) is 0 Å². The maximum atomic E-state index is 10.8. The lowest BCUT2D eigenvalue weighted by Crippen LogP contribution is -2.25. The maximum Gasteiger partial charge on any atom is 0.283 e. The van der Waals surface area contributed by atoms with Crippen LogP contribution in [0.15, 0.2) is 22.7 Å². The normalized spacial score (nSPS) is 12.4. The molecule has 1 unspecified atom stereocenters. The second-order valence-electron chi connectivity index (χ2n) is 4.47. The number of hydrogen-bond donors (Lipinski definition) is 1. The first-order valence-electron chi connectivity index (χ1n) is 6.20. The molecule has 0 radical (unpaired) electrons. The summed E-state index contributed by atoms with van der Waals surface area (Å²) < 4.78 is 0.523. The van der Waals surface area contributed by atoms with E-state index < -0.39 is 0 Å². The summed E-state index contributed by atoms with van der Waals surface area (Å²) in [5, 5.41) is 14.2. The van der Waals surface area contributed by atoms with E-state index in [1.54, 1.807) is 12.1 Å². The topological polar surface area (TPSA) is 55.2 Å². The van der Waals surface area contributed by atoms with Crippen LogP contribution < -0.4 is 5.32 Å². The highest BCUT2D eigenvalue weighted by molar-refractivity contribution is 9.10. The van der Waals surface area contributed by atoms with Crippen molar-refractivity contribution in [3.8, 4) is 0 Å². The summed E-state index contributed by atoms with van der Waals surface area (Å²) in [5.74, 6) is 0. The summed E-state index contributed by atoms with van der Waals surface area (Å²) in [6, 6.07) is 5.68. The molecule has 0 heterocycles. The molecule has 0 fully saturated rings. The summed E-state index contributed by atoms with van der Waals surface area (Å²) in [5.41, 5.74) is 1.06. The Balaban J connectivity index is 2.57. The predicted octanol–water partition coefficient (Wildman–Crippen LogP) is 4.03. The van der Waals surface area contributed by atoms with Crippen LogP contribution >= 0.6 is 15.9 Å². The molecule has 0 saturated heterocycles. The molecule has 1 rings (SSSR count). The molecule has 0 saturated carbocycles. The van der Waals surface area contributed by atoms with Gasteiger partial charge in [-0.3, -0.25) is 10.1 Å². The fourth-order valence-electron chi connectivity index (χ4n) is 1.71. The Kier molecular flexibility index (Phi) is 6.29. The minimum atomic E-state index is -0.367. The molecule has 0 bridgehead atoms. The minimum Gasteiger partial charge on any atom is -0.310 e. The molecular weight excluding hydrogens is 296 g/mol. The van der Waals surface area contributed by atoms with E-state index >= 15 is 0 Å². The van der Waals surface area contributed by atoms with Crippen LogP contribution in [0.1, 0.15) is 38.7 Å². The lowest BCUT2D eigenvalue weighted by atomic mass is 10.1. The molecule has 0 aliphatic rings. The van der Waals surface area contributed by atoms with Crippen LogP contribution in [0.4, 0.5) is 5.69 Å². The van der Waals surface area contributed by atoms with Crippen LogP contribution in [0, 0.1) is 10.1 Å². The summed E-state index contributed by atoms with van der Waals surface area (Å²) >= 11 is 3.18. The van der Waals surface area contributed by atoms with E-state index in [0.29, 0.717) is 17.1 Å². The van der Waals surface area contributed by atoms with Gasteiger partial charge in [0.1, 0.15) is 0 Å². The molecule has 0 spiro atoms. The molecule has 0 amide bonds. The van der Waals surface area contributed by atoms with Gasteiger partial charge in [-0.25, -0.2) is 0 Å². The largest absolute Gasteiger partial charge is 0.310 e. The van der Waals surface area contributed by atoms with Crippen molar-refractivity contribution < 1.29 is 4.92 Å². The van der Waals surface area contributed by atoms with E-state index in [1.807, 2.05) is 6.07 Å². The van der Waals surface area contributed by atoms with Gasteiger partial charge < -0.3 is 5.32 Å². The molecule has 1 aromatic carbocycles. The van der Waals surface area contributed by atoms with Crippen molar-refractivity contribution in [2.45, 2.75) is 45.7 Å². The van der Waals surface area contributed by atoms with E-state index in [4.69, 9.17) is 0 Å². The van der Waals surface area contributed by atoms with E-state index in [9.17, 15) is 10.1 Å². The zero-order valence-corrected chi connectivity index (χ0v) is 12.4. The van der Waals surface area contributed by atoms with Gasteiger partial charge in [0.25, 0.3) is 5.69 Å². The number of benzene rings is 1. The number of rotatable bonds is 7. The van der Waals surface area contributed by atoms with Gasteiger partial charge in [-0.1, -0.05) is 25.8 Å². The zero-order chi connectivity index (χ0) is 13.5. The molecule has 0 aliphatic carbocycles. The third-order valence-electron chi connectivity index (χ3n) is 2.85. The molecule has 0 aliphatic heterocycles. The van der Waals surface area contributed by atoms with Crippen LogP contribution in [0.3, 0.4) is 0 Å². The molecule has 1 N–H and O–H groups in total. The lowest BCUT2D eigenvalue weighted by Gasteiger charge is -2.13. The van der Waals surface area contributed by atoms with Crippen molar-refractivity contribution in [2.75, 3.05) is 0 Å². The number of nitro groups is 1. The van der Waals surface area contributed by atoms with E-state index in [1.165, 1.54) is 12.8 Å². The van der Waals surface area contributed by atoms with E-state index in [0.717, 1.165) is 12.0 Å². The Hall–Kier alpha value is -0.940. The SMILES string of the molecule is CCCCC(C)NCc1ccc(Br)c([N+](=O)[O-])c1. The monoisotopic (exact) mass is 314 g/mol. The highest BCUT2D eigenvalue weighted by Crippen LogP contribution is 2.25. The van der Waals surface area contributed by atoms with Crippen molar-refractivity contribution in [1.82, 2.24) is 5.32 Å². The highest BCUT2D eigenvalue weighted by Gasteiger charge is 2.12. The quantitative estimate of drug-likeness (QED) is 0.610. The van der Waals surface area contributed by atoms with Crippen LogP contribution in [0.25, 0.3) is 0 Å². The van der Waals surface area contributed by atoms with Gasteiger partial charge >= 0.3 is 0 Å². The van der Waals surface area contributed by atoms with Gasteiger partial charge in [0.15, 0.2) is 0 Å². The third-order valence-corrected chi connectivity index (χ3v) is 3.52. The molecule has 100 valence electrons. The second kappa shape index (κ2) is 7.48. The number of halogens is 1. The van der Waals surface area contributed by atoms with Gasteiger partial charge in [-0.05, 0) is 40.9 Å². The van der Waals surface area contributed by atoms with Crippen LogP contribution in [0.5, 0.6) is 0 Å². The Labute approximate surface area is 116 Å². The van der Waals surface area contributed by atoms with Gasteiger partial charge in [0.05, 0.1) is 9.40 Å². The van der Waals surface area contributed by atoms with Crippen molar-refractivity contribution >= 4 is 21.6 Å². The van der Waals surface area contributed by atoms with Gasteiger partial charge in [-0.2, -0.15) is 0 Å². The molecule has 1 atom stereocenters. The fourth-order valence-corrected chi connectivity index (χ4v) is 2.10. The first-order valence-corrected chi connectivity index (χ1v) is 7.00. The minimum absolute atomic E-state index is 0.121. The first-order chi connectivity index (χ1) is 8.54. The number of hydrogen-bond acceptors (Lipinski definition) is 3. The van der Waals surface area contributed by atoms with Gasteiger partial charge in [0, 0.05) is 18.7 Å². The molecule has 5 heteroatoms. The standard InChI is InChI=1S/C13H19BrN2O2/c1-3-4-5-10(2)15-9-11-6-7-12(14)13(8-11)16(17)18/h6-8,10,15H,3-5,9H2,1-2H3. The summed E-state index contributed by atoms with van der Waals surface area (Å²) in [6.45, 7) is 4.98. The lowest BCUT2D eigenvalue weighted by molar-refractivity contribution is -0.385. The predicted molar refractivity (Wildman–Crippen MR) is 76.6 cm³/mol. The van der Waals surface area contributed by atoms with Crippen LogP contribution in [0.2, 0.25) is 0 Å². The molecule has 0 aromatic heterocycles. The average Bonchev–Trinajstić information content (AvgIpc) is 2.35. The van der Waals surface area contributed by atoms with Crippen LogP contribution in [-0.4, -0.2) is 11.0 Å². The number of nitro benzene ring substituents is 1. The summed E-state index contributed by atoms with van der Waals surface area (Å²) in [4.78, 5) is 10.4. The van der Waals surface area contributed by atoms with E-state index in [-0.39, 0.29) is 10.6 Å². The van der Waals surface area contributed by atoms with Crippen molar-refractivity contribution in [3.05, 3.63) is 38.3 Å². The second-order valence-corrected chi connectivity index (χ2v) is 5.32. The fraction of sp³-hybridized carbons (Fsp3) is 0.538. The average molecular weight is 315 g/mol. The Morgan fingerprint density at radius 3 is 2.83 bits per heavy atom. The van der Waals surface area contributed by atoms with Gasteiger partial charge in [-0.15, -0.1) is 0 Å². The Morgan fingerprint density at radius 1 is 1.50 bits per heavy atom. The number of unbranched alkanes of at least 4 members (excludes halogenated alkanes) is 1. The first kappa shape index (κ1) is 15.1. The Morgan fingerprint density at radius 2 is 2.22 bits per heavy atom. The molecule has 18 heavy (non-hydrogen) atoms. The third kappa shape index (κ3) is 4.74. The maximum absolute atomic E-state index is 10.8. The highest BCUT2D eigenvalue weighted by atomic mass is 79.9. The Bertz CT molecular complexity index is 410. The number of nitrogens with zero attached hydrogens (tertiary/aromatic N) is 1. The summed E-state index contributed by atoms with van der Waals surface area (Å²) in [6.07, 6.45) is 3.53. The van der Waals surface area contributed by atoms with Crippen molar-refractivity contribution in [2.24, 2.45) is 0 Å². The zero-order valence-electron chi connectivity index (χ0n) is 10.8. The molecule has 1 aromatic rings. The molecular formula is C13H19BrN2O2. The van der Waals surface area contributed by atoms with Crippen molar-refractivity contribution in [1.29, 1.82) is 0 Å². The molecule has 4 nitrogen and oxygen atoms in total. The smallest absolute Gasteiger partial charge is 0.283 e. The van der Waals surface area contributed by atoms with Gasteiger partial charge in [0.2, 0.25) is 0 Å². The summed E-state index contributed by atoms with van der Waals surface area (Å²) in [7, 11) is 0. The van der Waals surface area contributed by atoms with Crippen LogP contribution in [-0.2, 0) is 6.54 Å².